The van der Waals surface area contributed by atoms with Crippen LogP contribution in [0.2, 0.25) is 0 Å². The number of esters is 3. The van der Waals surface area contributed by atoms with Crippen molar-refractivity contribution < 1.29 is 28.6 Å². The number of hydrogen-bond acceptors (Lipinski definition) is 6. The maximum atomic E-state index is 12.8. The number of ether oxygens (including phenoxy) is 3. The zero-order chi connectivity index (χ0) is 52.2. The van der Waals surface area contributed by atoms with Crippen molar-refractivity contribution >= 4 is 17.9 Å². The molecule has 0 spiro atoms. The van der Waals surface area contributed by atoms with Crippen LogP contribution < -0.4 is 0 Å². The Morgan fingerprint density at radius 2 is 0.556 bits per heavy atom. The van der Waals surface area contributed by atoms with Crippen molar-refractivity contribution in [1.82, 2.24) is 0 Å². The molecule has 0 bridgehead atoms. The van der Waals surface area contributed by atoms with Crippen molar-refractivity contribution in [2.75, 3.05) is 13.2 Å². The first-order valence-corrected chi connectivity index (χ1v) is 29.2. The second-order valence-electron chi connectivity index (χ2n) is 18.8. The summed E-state index contributed by atoms with van der Waals surface area (Å²) in [7, 11) is 0. The van der Waals surface area contributed by atoms with Crippen LogP contribution in [-0.4, -0.2) is 37.2 Å². The monoisotopic (exact) mass is 995 g/mol. The van der Waals surface area contributed by atoms with Crippen molar-refractivity contribution in [2.45, 2.75) is 252 Å². The molecule has 0 aromatic heterocycles. The highest BCUT2D eigenvalue weighted by Gasteiger charge is 2.19. The van der Waals surface area contributed by atoms with E-state index >= 15 is 0 Å². The van der Waals surface area contributed by atoms with Gasteiger partial charge in [0.25, 0.3) is 0 Å². The highest BCUT2D eigenvalue weighted by atomic mass is 16.6. The molecule has 6 heteroatoms. The Morgan fingerprint density at radius 3 is 0.889 bits per heavy atom. The number of unbranched alkanes of at least 4 members (excludes halogenated alkanes) is 18. The molecule has 0 heterocycles. The number of carbonyl (C=O) groups is 3. The van der Waals surface area contributed by atoms with Crippen molar-refractivity contribution in [2.24, 2.45) is 0 Å². The van der Waals surface area contributed by atoms with Gasteiger partial charge in [-0.1, -0.05) is 251 Å². The van der Waals surface area contributed by atoms with E-state index in [1.807, 2.05) is 0 Å². The quantitative estimate of drug-likeness (QED) is 0.0261. The molecule has 1 atom stereocenters. The van der Waals surface area contributed by atoms with Crippen LogP contribution in [0.15, 0.2) is 134 Å². The van der Waals surface area contributed by atoms with Crippen molar-refractivity contribution in [3.05, 3.63) is 134 Å². The standard InChI is InChI=1S/C66H106O6/c1-4-7-10-13-16-19-21-23-25-27-28-29-30-31-32-33-34-35-36-37-38-40-41-43-45-47-50-53-56-59-65(68)71-62-63(61-70-64(67)58-55-52-49-18-15-12-9-6-3)72-66(69)60-57-54-51-48-46-44-42-39-26-24-22-20-17-14-11-8-5-2/h7-8,10-11,16-17,19-20,23-26,28-29,31-32,34-35,42,44,48,51,63H,4-6,9,12-15,18,21-22,27,30,33,36-41,43,45-47,49-50,52-62H2,1-3H3/b10-7-,11-8-,19-16-,20-17-,25-23-,26-24-,29-28-,32-31-,35-34-,44-42-,51-48-. The SMILES string of the molecule is CC/C=C\C/C=C\C/C=C\C/C=C\C/C=C\C/C=C\CCCCCCCCCCCCC(=O)OCC(COC(=O)CCCCCCCCCC)OC(=O)CCC/C=C\C/C=C\C/C=C\C/C=C\C/C=C\CC. The molecular formula is C66H106O6. The van der Waals surface area contributed by atoms with E-state index in [2.05, 4.69) is 154 Å². The maximum Gasteiger partial charge on any atom is 0.306 e. The fourth-order valence-corrected chi connectivity index (χ4v) is 7.60. The van der Waals surface area contributed by atoms with Crippen LogP contribution >= 0.6 is 0 Å². The summed E-state index contributed by atoms with van der Waals surface area (Å²) in [6.07, 6.45) is 83.3. The Bertz CT molecular complexity index is 1560. The minimum Gasteiger partial charge on any atom is -0.462 e. The summed E-state index contributed by atoms with van der Waals surface area (Å²) in [5, 5.41) is 0. The topological polar surface area (TPSA) is 78.9 Å². The zero-order valence-corrected chi connectivity index (χ0v) is 46.4. The van der Waals surface area contributed by atoms with E-state index in [-0.39, 0.29) is 37.5 Å². The largest absolute Gasteiger partial charge is 0.462 e. The molecule has 0 N–H and O–H groups in total. The predicted molar refractivity (Wildman–Crippen MR) is 311 cm³/mol. The molecule has 72 heavy (non-hydrogen) atoms. The molecule has 1 unspecified atom stereocenters. The lowest BCUT2D eigenvalue weighted by molar-refractivity contribution is -0.167. The number of carbonyl (C=O) groups excluding carboxylic acids is 3. The Balaban J connectivity index is 4.27. The van der Waals surface area contributed by atoms with Gasteiger partial charge in [0.2, 0.25) is 0 Å². The van der Waals surface area contributed by atoms with E-state index in [0.29, 0.717) is 19.3 Å². The summed E-state index contributed by atoms with van der Waals surface area (Å²) in [6, 6.07) is 0. The van der Waals surface area contributed by atoms with E-state index in [9.17, 15) is 14.4 Å². The molecule has 0 rings (SSSR count). The minimum atomic E-state index is -0.811. The van der Waals surface area contributed by atoms with Gasteiger partial charge in [-0.05, 0) is 109 Å². The van der Waals surface area contributed by atoms with E-state index in [0.717, 1.165) is 116 Å². The molecule has 0 radical (unpaired) electrons. The third-order valence-electron chi connectivity index (χ3n) is 11.9. The summed E-state index contributed by atoms with van der Waals surface area (Å²) >= 11 is 0. The smallest absolute Gasteiger partial charge is 0.306 e. The lowest BCUT2D eigenvalue weighted by Crippen LogP contribution is -2.30. The van der Waals surface area contributed by atoms with Gasteiger partial charge in [-0.3, -0.25) is 14.4 Å². The fraction of sp³-hybridized carbons (Fsp3) is 0.621. The summed E-state index contributed by atoms with van der Waals surface area (Å²) in [5.41, 5.74) is 0. The molecule has 0 aliphatic carbocycles. The third-order valence-corrected chi connectivity index (χ3v) is 11.9. The first-order chi connectivity index (χ1) is 35.5. The normalized spacial score (nSPS) is 13.1. The highest BCUT2D eigenvalue weighted by molar-refractivity contribution is 5.71. The molecule has 0 aliphatic heterocycles. The average Bonchev–Trinajstić information content (AvgIpc) is 3.38. The molecule has 406 valence electrons. The number of rotatable bonds is 51. The first-order valence-electron chi connectivity index (χ1n) is 29.2. The van der Waals surface area contributed by atoms with Gasteiger partial charge < -0.3 is 14.2 Å². The van der Waals surface area contributed by atoms with E-state index in [4.69, 9.17) is 14.2 Å². The summed E-state index contributed by atoms with van der Waals surface area (Å²) < 4.78 is 16.7. The Hall–Kier alpha value is -4.45. The van der Waals surface area contributed by atoms with Gasteiger partial charge in [0.15, 0.2) is 6.10 Å². The number of allylic oxidation sites excluding steroid dienone is 22. The van der Waals surface area contributed by atoms with Crippen LogP contribution in [0.5, 0.6) is 0 Å². The van der Waals surface area contributed by atoms with Crippen LogP contribution in [0.3, 0.4) is 0 Å². The Morgan fingerprint density at radius 1 is 0.292 bits per heavy atom. The van der Waals surface area contributed by atoms with Crippen molar-refractivity contribution in [3.63, 3.8) is 0 Å². The molecule has 0 saturated carbocycles. The van der Waals surface area contributed by atoms with E-state index in [1.54, 1.807) is 0 Å². The molecular weight excluding hydrogens is 889 g/mol. The van der Waals surface area contributed by atoms with E-state index < -0.39 is 6.10 Å². The van der Waals surface area contributed by atoms with Crippen LogP contribution in [0.4, 0.5) is 0 Å². The lowest BCUT2D eigenvalue weighted by atomic mass is 10.1. The molecule has 0 aliphatic rings. The highest BCUT2D eigenvalue weighted by Crippen LogP contribution is 2.14. The maximum absolute atomic E-state index is 12.8. The van der Waals surface area contributed by atoms with Crippen LogP contribution in [-0.2, 0) is 28.6 Å². The molecule has 6 nitrogen and oxygen atoms in total. The second-order valence-corrected chi connectivity index (χ2v) is 18.8. The van der Waals surface area contributed by atoms with Gasteiger partial charge in [-0.15, -0.1) is 0 Å². The summed E-state index contributed by atoms with van der Waals surface area (Å²) in [6.45, 7) is 6.32. The van der Waals surface area contributed by atoms with Crippen LogP contribution in [0, 0.1) is 0 Å². The van der Waals surface area contributed by atoms with Crippen LogP contribution in [0.25, 0.3) is 0 Å². The number of hydrogen-bond donors (Lipinski definition) is 0. The van der Waals surface area contributed by atoms with E-state index in [1.165, 1.54) is 83.5 Å². The Kier molecular flexibility index (Phi) is 55.5. The Labute approximate surface area is 443 Å². The molecule has 0 amide bonds. The van der Waals surface area contributed by atoms with Crippen molar-refractivity contribution in [1.29, 1.82) is 0 Å². The predicted octanol–water partition coefficient (Wildman–Crippen LogP) is 19.8. The first kappa shape index (κ1) is 67.5. The molecule has 0 fully saturated rings. The second kappa shape index (κ2) is 59.1. The fourth-order valence-electron chi connectivity index (χ4n) is 7.60. The van der Waals surface area contributed by atoms with Gasteiger partial charge in [-0.2, -0.15) is 0 Å². The molecule has 0 aromatic rings. The third kappa shape index (κ3) is 56.5. The minimum absolute atomic E-state index is 0.104. The van der Waals surface area contributed by atoms with Gasteiger partial charge in [-0.25, -0.2) is 0 Å². The molecule has 0 aromatic carbocycles. The summed E-state index contributed by atoms with van der Waals surface area (Å²) in [4.78, 5) is 38.0. The van der Waals surface area contributed by atoms with Gasteiger partial charge in [0.05, 0.1) is 0 Å². The van der Waals surface area contributed by atoms with Gasteiger partial charge in [0.1, 0.15) is 13.2 Å². The molecule has 0 saturated heterocycles. The van der Waals surface area contributed by atoms with Gasteiger partial charge in [0, 0.05) is 19.3 Å². The summed E-state index contributed by atoms with van der Waals surface area (Å²) in [5.74, 6) is -0.976. The van der Waals surface area contributed by atoms with Gasteiger partial charge >= 0.3 is 17.9 Å². The lowest BCUT2D eigenvalue weighted by Gasteiger charge is -2.18. The van der Waals surface area contributed by atoms with Crippen molar-refractivity contribution in [3.8, 4) is 0 Å². The zero-order valence-electron chi connectivity index (χ0n) is 46.4. The van der Waals surface area contributed by atoms with Crippen LogP contribution in [0.1, 0.15) is 245 Å². The average molecular weight is 996 g/mol.